The first-order valence-corrected chi connectivity index (χ1v) is 7.60. The van der Waals surface area contributed by atoms with Crippen LogP contribution in [0, 0.1) is 0 Å². The predicted molar refractivity (Wildman–Crippen MR) is 72.7 cm³/mol. The highest BCUT2D eigenvalue weighted by molar-refractivity contribution is 7.98. The Morgan fingerprint density at radius 2 is 1.94 bits per heavy atom. The van der Waals surface area contributed by atoms with E-state index in [1.165, 1.54) is 12.0 Å². The highest BCUT2D eigenvalue weighted by Crippen LogP contribution is 2.33. The van der Waals surface area contributed by atoms with Crippen LogP contribution >= 0.6 is 11.8 Å². The normalized spacial score (nSPS) is 24.6. The molecule has 2 nitrogen and oxygen atoms in total. The Balaban J connectivity index is 2.01. The number of hydrogen-bond acceptors (Lipinski definition) is 3. The molecule has 17 heavy (non-hydrogen) atoms. The van der Waals surface area contributed by atoms with Crippen molar-refractivity contribution in [3.63, 3.8) is 0 Å². The van der Waals surface area contributed by atoms with Gasteiger partial charge in [0, 0.05) is 5.92 Å². The monoisotopic (exact) mass is 252 g/mol. The highest BCUT2D eigenvalue weighted by atomic mass is 32.2. The lowest BCUT2D eigenvalue weighted by Gasteiger charge is -2.27. The standard InChI is InChI=1S/C14H20O2S/c1-17-10-16-12-8-6-11(7-9-12)13-4-2-3-5-14(13)15/h6-9,13-15H,2-5,10H2,1H3. The molecule has 0 radical (unpaired) electrons. The van der Waals surface area contributed by atoms with Gasteiger partial charge in [-0.2, -0.15) is 0 Å². The van der Waals surface area contributed by atoms with E-state index in [2.05, 4.69) is 12.1 Å². The number of ether oxygens (including phenoxy) is 1. The van der Waals surface area contributed by atoms with E-state index in [4.69, 9.17) is 4.74 Å². The summed E-state index contributed by atoms with van der Waals surface area (Å²) in [4.78, 5) is 0. The molecule has 3 heteroatoms. The van der Waals surface area contributed by atoms with E-state index in [1.54, 1.807) is 11.8 Å². The predicted octanol–water partition coefficient (Wildman–Crippen LogP) is 3.40. The molecule has 0 heterocycles. The van der Waals surface area contributed by atoms with Gasteiger partial charge in [-0.15, -0.1) is 11.8 Å². The quantitative estimate of drug-likeness (QED) is 0.833. The Morgan fingerprint density at radius 1 is 1.24 bits per heavy atom. The third kappa shape index (κ3) is 3.39. The van der Waals surface area contributed by atoms with E-state index < -0.39 is 0 Å². The van der Waals surface area contributed by atoms with Crippen LogP contribution in [0.5, 0.6) is 5.75 Å². The van der Waals surface area contributed by atoms with Crippen LogP contribution in [0.1, 0.15) is 37.2 Å². The number of aliphatic hydroxyl groups excluding tert-OH is 1. The van der Waals surface area contributed by atoms with Crippen molar-refractivity contribution in [2.45, 2.75) is 37.7 Å². The molecular weight excluding hydrogens is 232 g/mol. The van der Waals surface area contributed by atoms with Crippen LogP contribution in [0.2, 0.25) is 0 Å². The smallest absolute Gasteiger partial charge is 0.133 e. The van der Waals surface area contributed by atoms with E-state index in [9.17, 15) is 5.11 Å². The molecule has 2 atom stereocenters. The zero-order valence-corrected chi connectivity index (χ0v) is 11.1. The molecule has 0 amide bonds. The summed E-state index contributed by atoms with van der Waals surface area (Å²) in [7, 11) is 0. The lowest BCUT2D eigenvalue weighted by molar-refractivity contribution is 0.106. The summed E-state index contributed by atoms with van der Waals surface area (Å²) in [5.41, 5.74) is 1.24. The van der Waals surface area contributed by atoms with Gasteiger partial charge in [0.25, 0.3) is 0 Å². The van der Waals surface area contributed by atoms with Crippen LogP contribution in [0.3, 0.4) is 0 Å². The average molecular weight is 252 g/mol. The molecule has 0 saturated heterocycles. The first kappa shape index (κ1) is 12.8. The minimum Gasteiger partial charge on any atom is -0.483 e. The molecule has 2 rings (SSSR count). The largest absolute Gasteiger partial charge is 0.483 e. The maximum absolute atomic E-state index is 10.00. The van der Waals surface area contributed by atoms with E-state index in [0.29, 0.717) is 11.9 Å². The molecule has 0 aromatic heterocycles. The van der Waals surface area contributed by atoms with Crippen LogP contribution in [-0.4, -0.2) is 23.4 Å². The Morgan fingerprint density at radius 3 is 2.59 bits per heavy atom. The van der Waals surface area contributed by atoms with Crippen molar-refractivity contribution in [3.8, 4) is 5.75 Å². The minimum absolute atomic E-state index is 0.165. The third-order valence-corrected chi connectivity index (χ3v) is 3.73. The topological polar surface area (TPSA) is 29.5 Å². The first-order chi connectivity index (χ1) is 8.31. The van der Waals surface area contributed by atoms with Crippen molar-refractivity contribution in [2.75, 3.05) is 12.2 Å². The molecule has 94 valence electrons. The molecule has 0 aliphatic heterocycles. The molecule has 1 aromatic carbocycles. The molecule has 0 bridgehead atoms. The molecule has 0 spiro atoms. The minimum atomic E-state index is -0.165. The summed E-state index contributed by atoms with van der Waals surface area (Å²) < 4.78 is 5.52. The van der Waals surface area contributed by atoms with Gasteiger partial charge >= 0.3 is 0 Å². The first-order valence-electron chi connectivity index (χ1n) is 6.21. The zero-order chi connectivity index (χ0) is 12.1. The van der Waals surface area contributed by atoms with E-state index in [0.717, 1.165) is 25.0 Å². The third-order valence-electron chi connectivity index (χ3n) is 3.38. The van der Waals surface area contributed by atoms with Crippen molar-refractivity contribution >= 4 is 11.8 Å². The number of thioether (sulfide) groups is 1. The van der Waals surface area contributed by atoms with Gasteiger partial charge in [0.05, 0.1) is 6.10 Å². The van der Waals surface area contributed by atoms with Crippen LogP contribution in [-0.2, 0) is 0 Å². The van der Waals surface area contributed by atoms with Gasteiger partial charge in [0.15, 0.2) is 0 Å². The fourth-order valence-electron chi connectivity index (χ4n) is 2.44. The summed E-state index contributed by atoms with van der Waals surface area (Å²) in [5, 5.41) is 10.00. The van der Waals surface area contributed by atoms with Crippen LogP contribution in [0.25, 0.3) is 0 Å². The molecule has 1 saturated carbocycles. The Kier molecular flexibility index (Phi) is 4.75. The fourth-order valence-corrected chi connectivity index (χ4v) is 2.69. The van der Waals surface area contributed by atoms with Gasteiger partial charge in [-0.1, -0.05) is 25.0 Å². The SMILES string of the molecule is CSCOc1ccc(C2CCCCC2O)cc1. The van der Waals surface area contributed by atoms with Crippen molar-refractivity contribution in [1.82, 2.24) is 0 Å². The summed E-state index contributed by atoms with van der Waals surface area (Å²) >= 11 is 1.67. The van der Waals surface area contributed by atoms with Crippen molar-refractivity contribution in [3.05, 3.63) is 29.8 Å². The second kappa shape index (κ2) is 6.31. The number of benzene rings is 1. The van der Waals surface area contributed by atoms with Gasteiger partial charge in [0.1, 0.15) is 11.7 Å². The summed E-state index contributed by atoms with van der Waals surface area (Å²) in [6, 6.07) is 8.20. The van der Waals surface area contributed by atoms with Gasteiger partial charge in [-0.05, 0) is 36.8 Å². The van der Waals surface area contributed by atoms with Gasteiger partial charge in [-0.3, -0.25) is 0 Å². The van der Waals surface area contributed by atoms with Crippen molar-refractivity contribution < 1.29 is 9.84 Å². The molecule has 1 fully saturated rings. The second-order valence-electron chi connectivity index (χ2n) is 4.58. The van der Waals surface area contributed by atoms with Crippen molar-refractivity contribution in [1.29, 1.82) is 0 Å². The Labute approximate surface area is 107 Å². The van der Waals surface area contributed by atoms with Crippen LogP contribution < -0.4 is 4.74 Å². The molecule has 1 aliphatic rings. The van der Waals surface area contributed by atoms with Crippen LogP contribution in [0.4, 0.5) is 0 Å². The maximum Gasteiger partial charge on any atom is 0.133 e. The van der Waals surface area contributed by atoms with E-state index in [-0.39, 0.29) is 6.10 Å². The maximum atomic E-state index is 10.00. The number of rotatable bonds is 4. The summed E-state index contributed by atoms with van der Waals surface area (Å²) in [5.74, 6) is 1.91. The van der Waals surface area contributed by atoms with Crippen molar-refractivity contribution in [2.24, 2.45) is 0 Å². The lowest BCUT2D eigenvalue weighted by atomic mass is 9.82. The molecule has 1 N–H and O–H groups in total. The second-order valence-corrected chi connectivity index (χ2v) is 5.39. The van der Waals surface area contributed by atoms with Gasteiger partial charge in [-0.25, -0.2) is 0 Å². The summed E-state index contributed by atoms with van der Waals surface area (Å²) in [6.07, 6.45) is 6.29. The van der Waals surface area contributed by atoms with E-state index >= 15 is 0 Å². The molecular formula is C14H20O2S. The van der Waals surface area contributed by atoms with Crippen LogP contribution in [0.15, 0.2) is 24.3 Å². The molecule has 2 unspecified atom stereocenters. The summed E-state index contributed by atoms with van der Waals surface area (Å²) in [6.45, 7) is 0. The Bertz CT molecular complexity index is 337. The lowest BCUT2D eigenvalue weighted by Crippen LogP contribution is -2.22. The molecule has 1 aliphatic carbocycles. The number of aliphatic hydroxyl groups is 1. The zero-order valence-electron chi connectivity index (χ0n) is 10.3. The van der Waals surface area contributed by atoms with Gasteiger partial charge < -0.3 is 9.84 Å². The Hall–Kier alpha value is -0.670. The average Bonchev–Trinajstić information content (AvgIpc) is 2.38. The van der Waals surface area contributed by atoms with Gasteiger partial charge in [0.2, 0.25) is 0 Å². The molecule has 1 aromatic rings. The van der Waals surface area contributed by atoms with E-state index in [1.807, 2.05) is 18.4 Å². The fraction of sp³-hybridized carbons (Fsp3) is 0.571. The number of hydrogen-bond donors (Lipinski definition) is 1. The highest BCUT2D eigenvalue weighted by Gasteiger charge is 2.24.